The minimum Gasteiger partial charge on any atom is -0.398 e. The highest BCUT2D eigenvalue weighted by Crippen LogP contribution is 2.22. The number of carbonyl (C=O) groups is 1. The van der Waals surface area contributed by atoms with Gasteiger partial charge in [-0.2, -0.15) is 0 Å². The average Bonchev–Trinajstić information content (AvgIpc) is 2.46. The Balaban J connectivity index is 2.29. The summed E-state index contributed by atoms with van der Waals surface area (Å²) in [5.41, 5.74) is 7.97. The third-order valence-corrected chi connectivity index (χ3v) is 3.61. The van der Waals surface area contributed by atoms with Crippen molar-refractivity contribution in [1.29, 1.82) is 0 Å². The van der Waals surface area contributed by atoms with Crippen molar-refractivity contribution in [3.63, 3.8) is 0 Å². The number of rotatable bonds is 4. The highest BCUT2D eigenvalue weighted by molar-refractivity contribution is 6.12. The van der Waals surface area contributed by atoms with Crippen LogP contribution in [-0.4, -0.2) is 5.78 Å². The van der Waals surface area contributed by atoms with E-state index >= 15 is 0 Å². The fraction of sp³-hybridized carbons (Fsp3) is 0.235. The Labute approximate surface area is 118 Å². The molecule has 20 heavy (non-hydrogen) atoms. The molecular formula is C17H18FNO. The molecule has 3 heteroatoms. The summed E-state index contributed by atoms with van der Waals surface area (Å²) in [5, 5.41) is 0. The van der Waals surface area contributed by atoms with E-state index in [1.807, 2.05) is 12.1 Å². The number of halogens is 1. The number of nitrogen functional groups attached to an aromatic ring is 1. The predicted octanol–water partition coefficient (Wildman–Crippen LogP) is 4.15. The smallest absolute Gasteiger partial charge is 0.195 e. The van der Waals surface area contributed by atoms with E-state index in [-0.39, 0.29) is 11.5 Å². The Morgan fingerprint density at radius 2 is 1.85 bits per heavy atom. The molecule has 0 fully saturated rings. The van der Waals surface area contributed by atoms with E-state index < -0.39 is 5.82 Å². The van der Waals surface area contributed by atoms with Crippen molar-refractivity contribution in [2.75, 3.05) is 5.73 Å². The first kappa shape index (κ1) is 14.3. The van der Waals surface area contributed by atoms with Crippen molar-refractivity contribution in [2.24, 2.45) is 0 Å². The van der Waals surface area contributed by atoms with Gasteiger partial charge in [0, 0.05) is 16.8 Å². The zero-order valence-electron chi connectivity index (χ0n) is 11.7. The van der Waals surface area contributed by atoms with Crippen LogP contribution >= 0.6 is 0 Å². The second kappa shape index (κ2) is 5.87. The minimum atomic E-state index is -0.439. The summed E-state index contributed by atoms with van der Waals surface area (Å²) in [4.78, 5) is 12.3. The second-order valence-corrected chi connectivity index (χ2v) is 4.99. The van der Waals surface area contributed by atoms with E-state index in [1.165, 1.54) is 23.8 Å². The molecular weight excluding hydrogens is 253 g/mol. The Kier molecular flexibility index (Phi) is 4.18. The summed E-state index contributed by atoms with van der Waals surface area (Å²) in [6.45, 7) is 4.28. The van der Waals surface area contributed by atoms with Gasteiger partial charge >= 0.3 is 0 Å². The quantitative estimate of drug-likeness (QED) is 0.670. The third kappa shape index (κ3) is 2.87. The lowest BCUT2D eigenvalue weighted by atomic mass is 9.95. The van der Waals surface area contributed by atoms with Gasteiger partial charge in [0.05, 0.1) is 0 Å². The first-order valence-electron chi connectivity index (χ1n) is 6.72. The topological polar surface area (TPSA) is 43.1 Å². The third-order valence-electron chi connectivity index (χ3n) is 3.61. The maximum atomic E-state index is 13.0. The summed E-state index contributed by atoms with van der Waals surface area (Å²) in [6, 6.07) is 11.4. The second-order valence-electron chi connectivity index (χ2n) is 4.99. The van der Waals surface area contributed by atoms with Crippen molar-refractivity contribution >= 4 is 11.5 Å². The van der Waals surface area contributed by atoms with Crippen LogP contribution in [-0.2, 0) is 0 Å². The van der Waals surface area contributed by atoms with Crippen LogP contribution in [0.1, 0.15) is 47.7 Å². The molecule has 0 aliphatic rings. The molecule has 0 heterocycles. The van der Waals surface area contributed by atoms with Gasteiger partial charge in [-0.15, -0.1) is 0 Å². The highest BCUT2D eigenvalue weighted by atomic mass is 19.1. The van der Waals surface area contributed by atoms with Crippen molar-refractivity contribution < 1.29 is 9.18 Å². The van der Waals surface area contributed by atoms with Crippen LogP contribution in [0.4, 0.5) is 10.1 Å². The van der Waals surface area contributed by atoms with Crippen molar-refractivity contribution in [1.82, 2.24) is 0 Å². The van der Waals surface area contributed by atoms with Gasteiger partial charge in [0.1, 0.15) is 5.82 Å². The highest BCUT2D eigenvalue weighted by Gasteiger charge is 2.13. The van der Waals surface area contributed by atoms with Gasteiger partial charge in [-0.3, -0.25) is 4.79 Å². The average molecular weight is 271 g/mol. The molecule has 0 saturated carbocycles. The molecule has 1 unspecified atom stereocenters. The maximum absolute atomic E-state index is 13.0. The molecule has 2 rings (SSSR count). The van der Waals surface area contributed by atoms with Crippen LogP contribution in [0.5, 0.6) is 0 Å². The molecule has 0 aliphatic carbocycles. The number of carbonyl (C=O) groups excluding carboxylic acids is 1. The van der Waals surface area contributed by atoms with Crippen LogP contribution in [0.2, 0.25) is 0 Å². The standard InChI is InChI=1S/C17H18FNO/c1-3-11(2)12-4-6-13(7-5-12)17(20)15-9-8-14(18)10-16(15)19/h4-11H,3,19H2,1-2H3. The van der Waals surface area contributed by atoms with Crippen LogP contribution in [0, 0.1) is 5.82 Å². The molecule has 0 amide bonds. The van der Waals surface area contributed by atoms with Gasteiger partial charge in [0.25, 0.3) is 0 Å². The van der Waals surface area contributed by atoms with Crippen LogP contribution < -0.4 is 5.73 Å². The molecule has 0 aromatic heterocycles. The molecule has 2 nitrogen and oxygen atoms in total. The first-order chi connectivity index (χ1) is 9.52. The lowest BCUT2D eigenvalue weighted by Crippen LogP contribution is -2.06. The van der Waals surface area contributed by atoms with Gasteiger partial charge in [-0.1, -0.05) is 38.1 Å². The first-order valence-corrected chi connectivity index (χ1v) is 6.72. The molecule has 0 saturated heterocycles. The molecule has 2 aromatic rings. The SMILES string of the molecule is CCC(C)c1ccc(C(=O)c2ccc(F)cc2N)cc1. The van der Waals surface area contributed by atoms with Gasteiger partial charge < -0.3 is 5.73 Å². The molecule has 104 valence electrons. The number of hydrogen-bond acceptors (Lipinski definition) is 2. The molecule has 0 spiro atoms. The Hall–Kier alpha value is -2.16. The van der Waals surface area contributed by atoms with Crippen molar-refractivity contribution in [3.05, 3.63) is 65.0 Å². The summed E-state index contributed by atoms with van der Waals surface area (Å²) in [7, 11) is 0. The van der Waals surface area contributed by atoms with Crippen molar-refractivity contribution in [3.8, 4) is 0 Å². The molecule has 0 bridgehead atoms. The van der Waals surface area contributed by atoms with E-state index in [1.54, 1.807) is 12.1 Å². The van der Waals surface area contributed by atoms with Gasteiger partial charge in [0.2, 0.25) is 0 Å². The largest absolute Gasteiger partial charge is 0.398 e. The predicted molar refractivity (Wildman–Crippen MR) is 79.4 cm³/mol. The molecule has 0 aliphatic heterocycles. The van der Waals surface area contributed by atoms with Gasteiger partial charge in [-0.05, 0) is 36.1 Å². The summed E-state index contributed by atoms with van der Waals surface area (Å²) in [5.74, 6) is -0.153. The molecule has 2 N–H and O–H groups in total. The summed E-state index contributed by atoms with van der Waals surface area (Å²) in [6.07, 6.45) is 1.05. The van der Waals surface area contributed by atoms with E-state index in [2.05, 4.69) is 13.8 Å². The lowest BCUT2D eigenvalue weighted by molar-refractivity contribution is 0.103. The fourth-order valence-corrected chi connectivity index (χ4v) is 2.09. The minimum absolute atomic E-state index is 0.168. The van der Waals surface area contributed by atoms with Crippen LogP contribution in [0.15, 0.2) is 42.5 Å². The Morgan fingerprint density at radius 1 is 1.20 bits per heavy atom. The molecule has 1 atom stereocenters. The lowest BCUT2D eigenvalue weighted by Gasteiger charge is -2.10. The van der Waals surface area contributed by atoms with E-state index in [4.69, 9.17) is 5.73 Å². The van der Waals surface area contributed by atoms with Gasteiger partial charge in [0.15, 0.2) is 5.78 Å². The molecule has 2 aromatic carbocycles. The van der Waals surface area contributed by atoms with E-state index in [0.29, 0.717) is 17.0 Å². The van der Waals surface area contributed by atoms with Gasteiger partial charge in [-0.25, -0.2) is 4.39 Å². The fourth-order valence-electron chi connectivity index (χ4n) is 2.09. The van der Waals surface area contributed by atoms with E-state index in [0.717, 1.165) is 6.42 Å². The number of nitrogens with two attached hydrogens (primary N) is 1. The zero-order valence-corrected chi connectivity index (χ0v) is 11.7. The van der Waals surface area contributed by atoms with E-state index in [9.17, 15) is 9.18 Å². The number of anilines is 1. The summed E-state index contributed by atoms with van der Waals surface area (Å²) < 4.78 is 13.0. The number of hydrogen-bond donors (Lipinski definition) is 1. The van der Waals surface area contributed by atoms with Crippen LogP contribution in [0.3, 0.4) is 0 Å². The Bertz CT molecular complexity index is 619. The number of benzene rings is 2. The van der Waals surface area contributed by atoms with Crippen LogP contribution in [0.25, 0.3) is 0 Å². The summed E-state index contributed by atoms with van der Waals surface area (Å²) >= 11 is 0. The zero-order chi connectivity index (χ0) is 14.7. The Morgan fingerprint density at radius 3 is 2.40 bits per heavy atom. The molecule has 0 radical (unpaired) electrons. The monoisotopic (exact) mass is 271 g/mol. The maximum Gasteiger partial charge on any atom is 0.195 e. The normalized spacial score (nSPS) is 12.2. The number of ketones is 1. The van der Waals surface area contributed by atoms with Crippen molar-refractivity contribution in [2.45, 2.75) is 26.2 Å².